The van der Waals surface area contributed by atoms with E-state index in [2.05, 4.69) is 58.3 Å². The van der Waals surface area contributed by atoms with Gasteiger partial charge < -0.3 is 9.74 Å². The van der Waals surface area contributed by atoms with Crippen molar-refractivity contribution < 1.29 is 4.84 Å². The van der Waals surface area contributed by atoms with Crippen molar-refractivity contribution in [2.45, 2.75) is 58.4 Å². The summed E-state index contributed by atoms with van der Waals surface area (Å²) in [4.78, 5) is 10.8. The zero-order valence-electron chi connectivity index (χ0n) is 17.6. The van der Waals surface area contributed by atoms with E-state index in [-0.39, 0.29) is 0 Å². The van der Waals surface area contributed by atoms with Crippen molar-refractivity contribution in [1.29, 1.82) is 0 Å². The zero-order valence-corrected chi connectivity index (χ0v) is 17.6. The molecule has 0 unspecified atom stereocenters. The van der Waals surface area contributed by atoms with Crippen molar-refractivity contribution in [2.24, 2.45) is 5.16 Å². The molecule has 4 nitrogen and oxygen atoms in total. The SMILES string of the molecule is CCC/C=C1/CCCC/C1=N\OCCCN1CCN(Cc2ccccc2)CC1. The second kappa shape index (κ2) is 12.0. The lowest BCUT2D eigenvalue weighted by molar-refractivity contribution is 0.0999. The van der Waals surface area contributed by atoms with Gasteiger partial charge in [0.15, 0.2) is 0 Å². The van der Waals surface area contributed by atoms with Gasteiger partial charge in [-0.25, -0.2) is 0 Å². The van der Waals surface area contributed by atoms with Gasteiger partial charge in [0.1, 0.15) is 6.61 Å². The van der Waals surface area contributed by atoms with Gasteiger partial charge >= 0.3 is 0 Å². The maximum absolute atomic E-state index is 5.68. The number of rotatable bonds is 9. The van der Waals surface area contributed by atoms with Crippen LogP contribution in [-0.4, -0.2) is 54.8 Å². The van der Waals surface area contributed by atoms with Gasteiger partial charge in [0.25, 0.3) is 0 Å². The topological polar surface area (TPSA) is 28.1 Å². The van der Waals surface area contributed by atoms with Crippen LogP contribution in [0.25, 0.3) is 0 Å². The average molecular weight is 384 g/mol. The molecule has 2 fully saturated rings. The first kappa shape index (κ1) is 21.1. The van der Waals surface area contributed by atoms with Gasteiger partial charge in [0.2, 0.25) is 0 Å². The van der Waals surface area contributed by atoms with Gasteiger partial charge in [0, 0.05) is 39.3 Å². The Balaban J connectivity index is 1.30. The molecule has 0 amide bonds. The minimum Gasteiger partial charge on any atom is -0.396 e. The van der Waals surface area contributed by atoms with Crippen LogP contribution in [0.15, 0.2) is 47.1 Å². The lowest BCUT2D eigenvalue weighted by Gasteiger charge is -2.34. The fraction of sp³-hybridized carbons (Fsp3) is 0.625. The molecule has 2 aliphatic rings. The minimum absolute atomic E-state index is 0.731. The summed E-state index contributed by atoms with van der Waals surface area (Å²) in [7, 11) is 0. The van der Waals surface area contributed by atoms with Gasteiger partial charge in [-0.3, -0.25) is 4.90 Å². The van der Waals surface area contributed by atoms with Gasteiger partial charge in [-0.15, -0.1) is 0 Å². The number of unbranched alkanes of at least 4 members (excludes halogenated alkanes) is 1. The molecule has 1 saturated heterocycles. The summed E-state index contributed by atoms with van der Waals surface area (Å²) in [6.07, 6.45) is 10.6. The van der Waals surface area contributed by atoms with E-state index in [1.165, 1.54) is 42.5 Å². The molecule has 28 heavy (non-hydrogen) atoms. The Morgan fingerprint density at radius 3 is 2.54 bits per heavy atom. The Kier molecular flexibility index (Phi) is 9.05. The molecule has 0 aromatic heterocycles. The van der Waals surface area contributed by atoms with Crippen LogP contribution < -0.4 is 0 Å². The summed E-state index contributed by atoms with van der Waals surface area (Å²) in [5, 5.41) is 4.48. The molecular weight excluding hydrogens is 346 g/mol. The van der Waals surface area contributed by atoms with Crippen LogP contribution in [-0.2, 0) is 11.4 Å². The number of hydrogen-bond donors (Lipinski definition) is 0. The van der Waals surface area contributed by atoms with Gasteiger partial charge in [-0.2, -0.15) is 0 Å². The maximum atomic E-state index is 5.68. The van der Waals surface area contributed by atoms with Crippen molar-refractivity contribution >= 4 is 5.71 Å². The van der Waals surface area contributed by atoms with Gasteiger partial charge in [0.05, 0.1) is 5.71 Å². The second-order valence-electron chi connectivity index (χ2n) is 8.05. The summed E-state index contributed by atoms with van der Waals surface area (Å²) in [5.74, 6) is 0. The fourth-order valence-electron chi connectivity index (χ4n) is 4.04. The van der Waals surface area contributed by atoms with Crippen molar-refractivity contribution in [3.63, 3.8) is 0 Å². The lowest BCUT2D eigenvalue weighted by atomic mass is 9.92. The van der Waals surface area contributed by atoms with E-state index in [1.54, 1.807) is 0 Å². The van der Waals surface area contributed by atoms with Crippen LogP contribution in [0, 0.1) is 0 Å². The second-order valence-corrected chi connectivity index (χ2v) is 8.05. The Bertz CT molecular complexity index is 618. The van der Waals surface area contributed by atoms with Crippen LogP contribution in [0.5, 0.6) is 0 Å². The molecule has 1 aliphatic carbocycles. The number of allylic oxidation sites excluding steroid dienone is 2. The summed E-state index contributed by atoms with van der Waals surface area (Å²) in [5.41, 5.74) is 4.05. The Morgan fingerprint density at radius 2 is 1.75 bits per heavy atom. The van der Waals surface area contributed by atoms with E-state index in [1.807, 2.05) is 0 Å². The Hall–Kier alpha value is -1.65. The number of nitrogens with zero attached hydrogens (tertiary/aromatic N) is 3. The molecule has 0 radical (unpaired) electrons. The van der Waals surface area contributed by atoms with Crippen LogP contribution in [0.3, 0.4) is 0 Å². The zero-order chi connectivity index (χ0) is 19.4. The third-order valence-corrected chi connectivity index (χ3v) is 5.76. The van der Waals surface area contributed by atoms with E-state index in [0.717, 1.165) is 65.1 Å². The first-order valence-corrected chi connectivity index (χ1v) is 11.2. The highest BCUT2D eigenvalue weighted by atomic mass is 16.6. The molecule has 0 atom stereocenters. The number of piperazine rings is 1. The van der Waals surface area contributed by atoms with Crippen molar-refractivity contribution in [2.75, 3.05) is 39.3 Å². The molecule has 1 aromatic rings. The van der Waals surface area contributed by atoms with E-state index in [9.17, 15) is 0 Å². The third kappa shape index (κ3) is 7.06. The fourth-order valence-corrected chi connectivity index (χ4v) is 4.04. The normalized spacial score (nSPS) is 22.0. The van der Waals surface area contributed by atoms with Crippen LogP contribution in [0.1, 0.15) is 57.4 Å². The van der Waals surface area contributed by atoms with E-state index < -0.39 is 0 Å². The highest BCUT2D eigenvalue weighted by Gasteiger charge is 2.17. The molecule has 3 rings (SSSR count). The summed E-state index contributed by atoms with van der Waals surface area (Å²) in [6, 6.07) is 10.8. The molecule has 0 bridgehead atoms. The highest BCUT2D eigenvalue weighted by Crippen LogP contribution is 2.22. The summed E-state index contributed by atoms with van der Waals surface area (Å²) < 4.78 is 0. The van der Waals surface area contributed by atoms with Gasteiger partial charge in [-0.05, 0) is 49.7 Å². The first-order valence-electron chi connectivity index (χ1n) is 11.2. The Morgan fingerprint density at radius 1 is 1.00 bits per heavy atom. The first-order chi connectivity index (χ1) is 13.8. The number of oxime groups is 1. The predicted octanol–water partition coefficient (Wildman–Crippen LogP) is 4.87. The smallest absolute Gasteiger partial charge is 0.118 e. The molecule has 0 N–H and O–H groups in total. The van der Waals surface area contributed by atoms with Crippen LogP contribution >= 0.6 is 0 Å². The molecule has 1 saturated carbocycles. The standard InChI is InChI=1S/C24H37N3O/c1-2-3-12-23-13-7-8-14-24(23)25-28-20-9-15-26-16-18-27(19-17-26)21-22-10-5-4-6-11-22/h4-6,10-12H,2-3,7-9,13-21H2,1H3/b23-12-,25-24+. The van der Waals surface area contributed by atoms with E-state index >= 15 is 0 Å². The van der Waals surface area contributed by atoms with Crippen LogP contribution in [0.4, 0.5) is 0 Å². The minimum atomic E-state index is 0.731. The molecular formula is C24H37N3O. The number of hydrogen-bond acceptors (Lipinski definition) is 4. The van der Waals surface area contributed by atoms with Crippen LogP contribution in [0.2, 0.25) is 0 Å². The monoisotopic (exact) mass is 383 g/mol. The summed E-state index contributed by atoms with van der Waals surface area (Å²) in [6.45, 7) is 9.78. The highest BCUT2D eigenvalue weighted by molar-refractivity contribution is 6.00. The molecule has 1 heterocycles. The molecule has 0 spiro atoms. The van der Waals surface area contributed by atoms with Crippen molar-refractivity contribution in [3.05, 3.63) is 47.5 Å². The quantitative estimate of drug-likeness (QED) is 0.450. The Labute approximate surface area is 171 Å². The van der Waals surface area contributed by atoms with Crippen molar-refractivity contribution in [3.8, 4) is 0 Å². The molecule has 4 heteroatoms. The molecule has 1 aromatic carbocycles. The van der Waals surface area contributed by atoms with E-state index in [0.29, 0.717) is 0 Å². The summed E-state index contributed by atoms with van der Waals surface area (Å²) >= 11 is 0. The van der Waals surface area contributed by atoms with E-state index in [4.69, 9.17) is 4.84 Å². The van der Waals surface area contributed by atoms with Gasteiger partial charge in [-0.1, -0.05) is 54.9 Å². The number of benzene rings is 1. The molecule has 1 aliphatic heterocycles. The third-order valence-electron chi connectivity index (χ3n) is 5.76. The predicted molar refractivity (Wildman–Crippen MR) is 118 cm³/mol. The lowest BCUT2D eigenvalue weighted by Crippen LogP contribution is -2.46. The van der Waals surface area contributed by atoms with Crippen molar-refractivity contribution in [1.82, 2.24) is 9.80 Å². The molecule has 154 valence electrons. The maximum Gasteiger partial charge on any atom is 0.118 e. The largest absolute Gasteiger partial charge is 0.396 e. The average Bonchev–Trinajstić information content (AvgIpc) is 2.74.